The summed E-state index contributed by atoms with van der Waals surface area (Å²) in [6, 6.07) is 1.62. The Balaban J connectivity index is 2.77. The molecule has 0 fully saturated rings. The molecule has 0 aliphatic rings. The minimum Gasteiger partial charge on any atom is -0.394 e. The van der Waals surface area contributed by atoms with E-state index in [-0.39, 0.29) is 6.61 Å². The van der Waals surface area contributed by atoms with Gasteiger partial charge in [-0.2, -0.15) is 4.98 Å². The Hall–Kier alpha value is -1.36. The van der Waals surface area contributed by atoms with E-state index in [1.54, 1.807) is 12.3 Å². The summed E-state index contributed by atoms with van der Waals surface area (Å²) in [7, 11) is 0. The van der Waals surface area contributed by atoms with Crippen molar-refractivity contribution in [3.8, 4) is 0 Å². The van der Waals surface area contributed by atoms with Crippen molar-refractivity contribution in [1.82, 2.24) is 9.97 Å². The summed E-state index contributed by atoms with van der Waals surface area (Å²) in [5.74, 6) is 0.863. The zero-order chi connectivity index (χ0) is 10.6. The minimum atomic E-state index is -0.395. The molecule has 78 valence electrons. The van der Waals surface area contributed by atoms with Crippen molar-refractivity contribution >= 4 is 11.8 Å². The van der Waals surface area contributed by atoms with E-state index in [1.165, 1.54) is 0 Å². The number of hydrogen-bond acceptors (Lipinski definition) is 5. The fraction of sp³-hybridized carbons (Fsp3) is 0.556. The Bertz CT molecular complexity index is 299. The van der Waals surface area contributed by atoms with Gasteiger partial charge in [0.25, 0.3) is 0 Å². The van der Waals surface area contributed by atoms with Gasteiger partial charge in [-0.05, 0) is 19.4 Å². The number of aliphatic hydroxyl groups excluding tert-OH is 1. The molecule has 1 heterocycles. The molecule has 1 atom stereocenters. The average Bonchev–Trinajstić information content (AvgIpc) is 2.18. The molecule has 1 unspecified atom stereocenters. The second-order valence-electron chi connectivity index (χ2n) is 3.50. The highest BCUT2D eigenvalue weighted by molar-refractivity contribution is 5.36. The quantitative estimate of drug-likeness (QED) is 0.657. The van der Waals surface area contributed by atoms with Gasteiger partial charge in [-0.1, -0.05) is 6.92 Å². The monoisotopic (exact) mass is 196 g/mol. The molecule has 0 aromatic carbocycles. The Morgan fingerprint density at radius 1 is 1.64 bits per heavy atom. The molecule has 0 spiro atoms. The Morgan fingerprint density at radius 3 is 2.86 bits per heavy atom. The predicted octanol–water partition coefficient (Wildman–Crippen LogP) is 0.632. The van der Waals surface area contributed by atoms with Gasteiger partial charge in [0.15, 0.2) is 0 Å². The zero-order valence-electron chi connectivity index (χ0n) is 8.49. The van der Waals surface area contributed by atoms with E-state index >= 15 is 0 Å². The van der Waals surface area contributed by atoms with Gasteiger partial charge >= 0.3 is 0 Å². The van der Waals surface area contributed by atoms with Crippen LogP contribution >= 0.6 is 0 Å². The highest BCUT2D eigenvalue weighted by Crippen LogP contribution is 2.14. The Labute approximate surface area is 83.4 Å². The van der Waals surface area contributed by atoms with E-state index in [9.17, 15) is 0 Å². The standard InChI is InChI=1S/C9H16N4O/c1-3-9(2,6-14)13-8-11-5-4-7(10)12-8/h4-5,14H,3,6H2,1-2H3,(H3,10,11,12,13). The fourth-order valence-corrected chi connectivity index (χ4v) is 0.943. The SMILES string of the molecule is CCC(C)(CO)Nc1nccc(N)n1. The van der Waals surface area contributed by atoms with E-state index in [0.29, 0.717) is 11.8 Å². The minimum absolute atomic E-state index is 0.0294. The largest absolute Gasteiger partial charge is 0.394 e. The molecule has 14 heavy (non-hydrogen) atoms. The third-order valence-electron chi connectivity index (χ3n) is 2.22. The van der Waals surface area contributed by atoms with Crippen molar-refractivity contribution < 1.29 is 5.11 Å². The Morgan fingerprint density at radius 2 is 2.36 bits per heavy atom. The van der Waals surface area contributed by atoms with Gasteiger partial charge < -0.3 is 16.2 Å². The molecule has 5 heteroatoms. The summed E-state index contributed by atoms with van der Waals surface area (Å²) in [6.45, 7) is 3.91. The molecule has 0 aliphatic carbocycles. The lowest BCUT2D eigenvalue weighted by molar-refractivity contribution is 0.218. The molecular formula is C9H16N4O. The van der Waals surface area contributed by atoms with E-state index in [4.69, 9.17) is 10.8 Å². The number of nitrogens with two attached hydrogens (primary N) is 1. The molecule has 0 bridgehead atoms. The van der Waals surface area contributed by atoms with Gasteiger partial charge in [0.05, 0.1) is 12.1 Å². The molecule has 0 saturated heterocycles. The van der Waals surface area contributed by atoms with Crippen molar-refractivity contribution in [3.63, 3.8) is 0 Å². The molecule has 1 rings (SSSR count). The summed E-state index contributed by atoms with van der Waals surface area (Å²) in [5, 5.41) is 12.2. The molecule has 0 aliphatic heterocycles. The lowest BCUT2D eigenvalue weighted by atomic mass is 10.0. The van der Waals surface area contributed by atoms with Crippen molar-refractivity contribution in [3.05, 3.63) is 12.3 Å². The normalized spacial score (nSPS) is 14.8. The summed E-state index contributed by atoms with van der Waals surface area (Å²) in [4.78, 5) is 8.01. The maximum absolute atomic E-state index is 9.17. The number of hydrogen-bond donors (Lipinski definition) is 3. The van der Waals surface area contributed by atoms with E-state index in [1.807, 2.05) is 13.8 Å². The van der Waals surface area contributed by atoms with Crippen LogP contribution in [0, 0.1) is 0 Å². The van der Waals surface area contributed by atoms with Crippen LogP contribution in [0.4, 0.5) is 11.8 Å². The second-order valence-corrected chi connectivity index (χ2v) is 3.50. The molecule has 4 N–H and O–H groups in total. The van der Waals surface area contributed by atoms with Crippen LogP contribution in [0.3, 0.4) is 0 Å². The van der Waals surface area contributed by atoms with Crippen molar-refractivity contribution in [2.24, 2.45) is 0 Å². The van der Waals surface area contributed by atoms with Crippen LogP contribution in [0.25, 0.3) is 0 Å². The first-order chi connectivity index (χ1) is 6.59. The lowest BCUT2D eigenvalue weighted by Gasteiger charge is -2.26. The highest BCUT2D eigenvalue weighted by atomic mass is 16.3. The van der Waals surface area contributed by atoms with Gasteiger partial charge in [-0.25, -0.2) is 4.98 Å². The van der Waals surface area contributed by atoms with Crippen LogP contribution in [-0.2, 0) is 0 Å². The maximum Gasteiger partial charge on any atom is 0.225 e. The molecule has 5 nitrogen and oxygen atoms in total. The molecule has 1 aromatic rings. The number of anilines is 2. The van der Waals surface area contributed by atoms with E-state index < -0.39 is 5.54 Å². The zero-order valence-corrected chi connectivity index (χ0v) is 8.49. The number of nitrogen functional groups attached to an aromatic ring is 1. The summed E-state index contributed by atoms with van der Waals surface area (Å²) in [5.41, 5.74) is 5.11. The molecule has 0 radical (unpaired) electrons. The van der Waals surface area contributed by atoms with Crippen LogP contribution in [0.15, 0.2) is 12.3 Å². The van der Waals surface area contributed by atoms with E-state index in [2.05, 4.69) is 15.3 Å². The van der Waals surface area contributed by atoms with Crippen molar-refractivity contribution in [2.45, 2.75) is 25.8 Å². The summed E-state index contributed by atoms with van der Waals surface area (Å²) < 4.78 is 0. The average molecular weight is 196 g/mol. The third kappa shape index (κ3) is 2.56. The molecular weight excluding hydrogens is 180 g/mol. The van der Waals surface area contributed by atoms with E-state index in [0.717, 1.165) is 6.42 Å². The van der Waals surface area contributed by atoms with Gasteiger partial charge in [-0.3, -0.25) is 0 Å². The number of rotatable bonds is 4. The first-order valence-corrected chi connectivity index (χ1v) is 4.57. The maximum atomic E-state index is 9.17. The van der Waals surface area contributed by atoms with Crippen LogP contribution in [0.2, 0.25) is 0 Å². The topological polar surface area (TPSA) is 84.1 Å². The summed E-state index contributed by atoms with van der Waals surface area (Å²) in [6.07, 6.45) is 2.36. The third-order valence-corrected chi connectivity index (χ3v) is 2.22. The first-order valence-electron chi connectivity index (χ1n) is 4.57. The highest BCUT2D eigenvalue weighted by Gasteiger charge is 2.21. The van der Waals surface area contributed by atoms with Gasteiger partial charge in [0.1, 0.15) is 5.82 Å². The van der Waals surface area contributed by atoms with Crippen LogP contribution in [0.5, 0.6) is 0 Å². The Kier molecular flexibility index (Phi) is 3.24. The van der Waals surface area contributed by atoms with Crippen molar-refractivity contribution in [2.75, 3.05) is 17.7 Å². The number of nitrogens with one attached hydrogen (secondary N) is 1. The summed E-state index contributed by atoms with van der Waals surface area (Å²) >= 11 is 0. The number of nitrogens with zero attached hydrogens (tertiary/aromatic N) is 2. The first kappa shape index (κ1) is 10.7. The van der Waals surface area contributed by atoms with Crippen LogP contribution in [0.1, 0.15) is 20.3 Å². The predicted molar refractivity (Wildman–Crippen MR) is 55.8 cm³/mol. The molecule has 1 aromatic heterocycles. The fourth-order valence-electron chi connectivity index (χ4n) is 0.943. The van der Waals surface area contributed by atoms with Crippen LogP contribution < -0.4 is 11.1 Å². The lowest BCUT2D eigenvalue weighted by Crippen LogP contribution is -2.38. The molecule has 0 saturated carbocycles. The van der Waals surface area contributed by atoms with Crippen LogP contribution in [-0.4, -0.2) is 27.2 Å². The number of aromatic nitrogens is 2. The number of aliphatic hydroxyl groups is 1. The van der Waals surface area contributed by atoms with Gasteiger partial charge in [0.2, 0.25) is 5.95 Å². The van der Waals surface area contributed by atoms with Gasteiger partial charge in [0, 0.05) is 6.20 Å². The smallest absolute Gasteiger partial charge is 0.225 e. The molecule has 0 amide bonds. The second kappa shape index (κ2) is 4.23. The van der Waals surface area contributed by atoms with Gasteiger partial charge in [-0.15, -0.1) is 0 Å². The van der Waals surface area contributed by atoms with Crippen molar-refractivity contribution in [1.29, 1.82) is 0 Å².